The number of hydrogen-bond acceptors (Lipinski definition) is 5. The molecule has 1 heterocycles. The maximum atomic E-state index is 12.3. The van der Waals surface area contributed by atoms with E-state index in [0.717, 1.165) is 22.3 Å². The molecule has 168 valence electrons. The third kappa shape index (κ3) is 4.60. The molecule has 0 bridgehead atoms. The summed E-state index contributed by atoms with van der Waals surface area (Å²) in [7, 11) is 0. The fourth-order valence-electron chi connectivity index (χ4n) is 4.26. The standard InChI is InChI=1S/C24H26N2O6/c1-14(23(28)29)26-22(27)21-11-10-15(32-21)12-25-24(30)31-13-20-18-8-4-2-6-16(18)17-7-3-5-9-19(17)20/h2-9,14-15,20-21H,10-13H2,1H3,(H,25,30)(H,26,27)(H,28,29)/t14-,15?,21?/m0/s1. The molecule has 2 aromatic carbocycles. The maximum absolute atomic E-state index is 12.3. The molecule has 1 fully saturated rings. The minimum Gasteiger partial charge on any atom is -0.480 e. The Hall–Kier alpha value is -3.39. The lowest BCUT2D eigenvalue weighted by Gasteiger charge is -2.17. The zero-order chi connectivity index (χ0) is 22.7. The lowest BCUT2D eigenvalue weighted by atomic mass is 9.98. The van der Waals surface area contributed by atoms with Gasteiger partial charge in [-0.05, 0) is 42.0 Å². The Morgan fingerprint density at radius 1 is 1.06 bits per heavy atom. The van der Waals surface area contributed by atoms with E-state index in [1.165, 1.54) is 6.92 Å². The van der Waals surface area contributed by atoms with E-state index in [4.69, 9.17) is 14.6 Å². The SMILES string of the molecule is C[C@H](NC(=O)C1CCC(CNC(=O)OCC2c3ccccc3-c3ccccc32)O1)C(=O)O. The van der Waals surface area contributed by atoms with Crippen LogP contribution in [0.25, 0.3) is 11.1 Å². The molecule has 2 amide bonds. The van der Waals surface area contributed by atoms with Gasteiger partial charge in [-0.25, -0.2) is 4.79 Å². The van der Waals surface area contributed by atoms with Crippen LogP contribution in [0.3, 0.4) is 0 Å². The number of benzene rings is 2. The van der Waals surface area contributed by atoms with Crippen LogP contribution in [0.4, 0.5) is 4.79 Å². The zero-order valence-electron chi connectivity index (χ0n) is 17.7. The Kier molecular flexibility index (Phi) is 6.41. The average Bonchev–Trinajstić information content (AvgIpc) is 3.39. The van der Waals surface area contributed by atoms with Gasteiger partial charge in [-0.1, -0.05) is 48.5 Å². The van der Waals surface area contributed by atoms with E-state index in [1.54, 1.807) is 0 Å². The fourth-order valence-corrected chi connectivity index (χ4v) is 4.26. The number of carboxylic acids is 1. The first-order valence-corrected chi connectivity index (χ1v) is 10.7. The number of hydrogen-bond donors (Lipinski definition) is 3. The van der Waals surface area contributed by atoms with Crippen molar-refractivity contribution in [2.75, 3.05) is 13.2 Å². The molecular formula is C24H26N2O6. The van der Waals surface area contributed by atoms with Crippen LogP contribution in [0.1, 0.15) is 36.8 Å². The molecule has 3 atom stereocenters. The number of nitrogens with one attached hydrogen (secondary N) is 2. The second-order valence-electron chi connectivity index (χ2n) is 8.10. The van der Waals surface area contributed by atoms with Gasteiger partial charge in [-0.15, -0.1) is 0 Å². The predicted octanol–water partition coefficient (Wildman–Crippen LogP) is 2.66. The minimum absolute atomic E-state index is 0.0137. The molecule has 2 unspecified atom stereocenters. The van der Waals surface area contributed by atoms with Gasteiger partial charge in [0.05, 0.1) is 6.10 Å². The van der Waals surface area contributed by atoms with E-state index in [-0.39, 0.29) is 25.2 Å². The molecule has 0 radical (unpaired) electrons. The second kappa shape index (κ2) is 9.40. The van der Waals surface area contributed by atoms with Gasteiger partial charge < -0.3 is 25.2 Å². The number of aliphatic carboxylic acids is 1. The molecule has 32 heavy (non-hydrogen) atoms. The van der Waals surface area contributed by atoms with Crippen molar-refractivity contribution in [1.82, 2.24) is 10.6 Å². The van der Waals surface area contributed by atoms with E-state index in [1.807, 2.05) is 24.3 Å². The number of fused-ring (bicyclic) bond motifs is 3. The fraction of sp³-hybridized carbons (Fsp3) is 0.375. The molecule has 1 aliphatic carbocycles. The number of carbonyl (C=O) groups is 3. The topological polar surface area (TPSA) is 114 Å². The number of ether oxygens (including phenoxy) is 2. The first-order valence-electron chi connectivity index (χ1n) is 10.7. The summed E-state index contributed by atoms with van der Waals surface area (Å²) in [5.74, 6) is -1.58. The molecule has 1 aliphatic heterocycles. The highest BCUT2D eigenvalue weighted by atomic mass is 16.5. The molecular weight excluding hydrogens is 412 g/mol. The molecule has 2 aromatic rings. The third-order valence-electron chi connectivity index (χ3n) is 5.95. The van der Waals surface area contributed by atoms with Gasteiger partial charge in [0.2, 0.25) is 5.91 Å². The molecule has 4 rings (SSSR count). The quantitative estimate of drug-likeness (QED) is 0.612. The van der Waals surface area contributed by atoms with Crippen molar-refractivity contribution >= 4 is 18.0 Å². The summed E-state index contributed by atoms with van der Waals surface area (Å²) in [5.41, 5.74) is 4.62. The minimum atomic E-state index is -1.11. The van der Waals surface area contributed by atoms with Crippen molar-refractivity contribution in [3.05, 3.63) is 59.7 Å². The average molecular weight is 438 g/mol. The Morgan fingerprint density at radius 3 is 2.31 bits per heavy atom. The summed E-state index contributed by atoms with van der Waals surface area (Å²) in [4.78, 5) is 35.2. The number of alkyl carbamates (subject to hydrolysis) is 1. The van der Waals surface area contributed by atoms with E-state index in [9.17, 15) is 14.4 Å². The van der Waals surface area contributed by atoms with Gasteiger partial charge in [0, 0.05) is 12.5 Å². The van der Waals surface area contributed by atoms with Gasteiger partial charge >= 0.3 is 12.1 Å². The summed E-state index contributed by atoms with van der Waals surface area (Å²) < 4.78 is 11.2. The number of amides is 2. The van der Waals surface area contributed by atoms with Crippen LogP contribution in [0.5, 0.6) is 0 Å². The molecule has 0 saturated carbocycles. The Labute approximate surface area is 185 Å². The smallest absolute Gasteiger partial charge is 0.407 e. The highest BCUT2D eigenvalue weighted by Crippen LogP contribution is 2.44. The highest BCUT2D eigenvalue weighted by molar-refractivity contribution is 5.86. The van der Waals surface area contributed by atoms with Crippen molar-refractivity contribution in [2.45, 2.75) is 43.9 Å². The normalized spacial score (nSPS) is 20.2. The summed E-state index contributed by atoms with van der Waals surface area (Å²) in [6.45, 7) is 1.84. The van der Waals surface area contributed by atoms with Crippen molar-refractivity contribution in [3.63, 3.8) is 0 Å². The van der Waals surface area contributed by atoms with Gasteiger partial charge in [0.25, 0.3) is 0 Å². The zero-order valence-corrected chi connectivity index (χ0v) is 17.7. The first-order chi connectivity index (χ1) is 15.4. The van der Waals surface area contributed by atoms with Gasteiger partial charge in [0.15, 0.2) is 0 Å². The van der Waals surface area contributed by atoms with Gasteiger partial charge in [0.1, 0.15) is 18.8 Å². The maximum Gasteiger partial charge on any atom is 0.407 e. The Morgan fingerprint density at radius 2 is 1.69 bits per heavy atom. The van der Waals surface area contributed by atoms with Crippen molar-refractivity contribution in [3.8, 4) is 11.1 Å². The largest absolute Gasteiger partial charge is 0.480 e. The van der Waals surface area contributed by atoms with Crippen LogP contribution in [-0.2, 0) is 19.1 Å². The van der Waals surface area contributed by atoms with E-state index >= 15 is 0 Å². The predicted molar refractivity (Wildman–Crippen MR) is 116 cm³/mol. The van der Waals surface area contributed by atoms with Gasteiger partial charge in [-0.2, -0.15) is 0 Å². The molecule has 8 nitrogen and oxygen atoms in total. The van der Waals surface area contributed by atoms with Crippen LogP contribution in [0.15, 0.2) is 48.5 Å². The lowest BCUT2D eigenvalue weighted by Crippen LogP contribution is -2.44. The Balaban J connectivity index is 1.25. The van der Waals surface area contributed by atoms with Crippen molar-refractivity contribution in [1.29, 1.82) is 0 Å². The first kappa shape index (κ1) is 21.8. The number of carboxylic acid groups (broad SMARTS) is 1. The summed E-state index contributed by atoms with van der Waals surface area (Å²) in [5, 5.41) is 14.0. The monoisotopic (exact) mass is 438 g/mol. The van der Waals surface area contributed by atoms with Crippen LogP contribution in [0, 0.1) is 0 Å². The summed E-state index contributed by atoms with van der Waals surface area (Å²) in [6, 6.07) is 15.3. The van der Waals surface area contributed by atoms with E-state index in [2.05, 4.69) is 34.9 Å². The van der Waals surface area contributed by atoms with E-state index < -0.39 is 30.1 Å². The van der Waals surface area contributed by atoms with Crippen molar-refractivity contribution < 1.29 is 29.0 Å². The van der Waals surface area contributed by atoms with Crippen LogP contribution in [0.2, 0.25) is 0 Å². The van der Waals surface area contributed by atoms with E-state index in [0.29, 0.717) is 12.8 Å². The summed E-state index contributed by atoms with van der Waals surface area (Å²) in [6.07, 6.45) is -0.529. The van der Waals surface area contributed by atoms with Crippen LogP contribution in [-0.4, -0.2) is 54.5 Å². The van der Waals surface area contributed by atoms with Gasteiger partial charge in [-0.3, -0.25) is 9.59 Å². The number of rotatable bonds is 7. The van der Waals surface area contributed by atoms with Crippen LogP contribution < -0.4 is 10.6 Å². The second-order valence-corrected chi connectivity index (χ2v) is 8.10. The molecule has 3 N–H and O–H groups in total. The molecule has 2 aliphatic rings. The molecule has 0 spiro atoms. The Bertz CT molecular complexity index is 978. The lowest BCUT2D eigenvalue weighted by molar-refractivity contribution is -0.143. The molecule has 0 aromatic heterocycles. The summed E-state index contributed by atoms with van der Waals surface area (Å²) >= 11 is 0. The van der Waals surface area contributed by atoms with Crippen LogP contribution >= 0.6 is 0 Å². The van der Waals surface area contributed by atoms with Crippen molar-refractivity contribution in [2.24, 2.45) is 0 Å². The molecule has 1 saturated heterocycles. The third-order valence-corrected chi connectivity index (χ3v) is 5.95. The highest BCUT2D eigenvalue weighted by Gasteiger charge is 2.33. The number of carbonyl (C=O) groups excluding carboxylic acids is 2. The molecule has 8 heteroatoms.